The van der Waals surface area contributed by atoms with E-state index in [4.69, 9.17) is 29.4 Å². The number of hydrogen-bond acceptors (Lipinski definition) is 12. The molecule has 0 saturated heterocycles. The summed E-state index contributed by atoms with van der Waals surface area (Å²) in [5.74, 6) is 0. The van der Waals surface area contributed by atoms with Crippen LogP contribution >= 0.6 is 0 Å². The third-order valence-electron chi connectivity index (χ3n) is 12.8. The Kier molecular flexibility index (Phi) is 34.3. The van der Waals surface area contributed by atoms with Gasteiger partial charge in [0.15, 0.2) is 26.4 Å². The molecule has 0 amide bonds. The molecule has 0 aromatic heterocycles. The van der Waals surface area contributed by atoms with Crippen molar-refractivity contribution in [2.24, 2.45) is 0 Å². The number of benzene rings is 5. The molecular weight excluding hydrogens is 1100 g/mol. The van der Waals surface area contributed by atoms with Gasteiger partial charge in [-0.2, -0.15) is 4.84 Å². The molecule has 0 aliphatic rings. The topological polar surface area (TPSA) is 196 Å². The summed E-state index contributed by atoms with van der Waals surface area (Å²) in [6.07, 6.45) is 3.18. The molecule has 5 aromatic rings. The molecule has 19 heteroatoms. The zero-order valence-corrected chi connectivity index (χ0v) is 54.7. The van der Waals surface area contributed by atoms with Gasteiger partial charge in [0.2, 0.25) is 72.6 Å². The lowest BCUT2D eigenvalue weighted by Crippen LogP contribution is -2.27. The second-order valence-electron chi connectivity index (χ2n) is 25.8. The summed E-state index contributed by atoms with van der Waals surface area (Å²) in [5, 5.41) is 8.00. The number of nitrogens with zero attached hydrogens (tertiary/aromatic N) is 6. The Morgan fingerprint density at radius 1 is 0.372 bits per heavy atom. The van der Waals surface area contributed by atoms with E-state index in [1.807, 2.05) is 48.5 Å². The van der Waals surface area contributed by atoms with E-state index in [0.717, 1.165) is 42.4 Å². The fraction of sp³-hybridized carbons (Fsp3) is 0.552. The molecule has 1 atom stereocenters. The second-order valence-corrected chi connectivity index (χ2v) is 25.8. The van der Waals surface area contributed by atoms with Crippen LogP contribution in [0.1, 0.15) is 180 Å². The van der Waals surface area contributed by atoms with Crippen molar-refractivity contribution in [3.05, 3.63) is 206 Å². The van der Waals surface area contributed by atoms with Gasteiger partial charge < -0.3 is 0 Å². The highest BCUT2D eigenvalue weighted by Crippen LogP contribution is 2.27. The summed E-state index contributed by atoms with van der Waals surface area (Å²) in [6.45, 7) is 34.1. The van der Waals surface area contributed by atoms with Gasteiger partial charge in [-0.05, 0) is 108 Å². The van der Waals surface area contributed by atoms with E-state index in [1.54, 1.807) is 0 Å². The van der Waals surface area contributed by atoms with Crippen LogP contribution in [0.2, 0.25) is 0 Å². The number of rotatable bonds is 23. The van der Waals surface area contributed by atoms with Crippen molar-refractivity contribution < 1.29 is 63.9 Å². The molecule has 0 heterocycles. The van der Waals surface area contributed by atoms with Crippen molar-refractivity contribution in [1.29, 1.82) is 0 Å². The molecule has 0 saturated carbocycles. The fourth-order valence-electron chi connectivity index (χ4n) is 7.71. The summed E-state index contributed by atoms with van der Waals surface area (Å²) >= 11 is 0. The van der Waals surface area contributed by atoms with Crippen molar-refractivity contribution in [2.45, 2.75) is 190 Å². The molecule has 5 rings (SSSR count). The van der Waals surface area contributed by atoms with Crippen LogP contribution in [0.5, 0.6) is 0 Å². The minimum Gasteiger partial charge on any atom is -0.232 e. The van der Waals surface area contributed by atoms with E-state index in [9.17, 15) is 29.4 Å². The van der Waals surface area contributed by atoms with Gasteiger partial charge in [0.1, 0.15) is 4.91 Å². The highest BCUT2D eigenvalue weighted by molar-refractivity contribution is 5.31. The first-order valence-electron chi connectivity index (χ1n) is 28.7. The maximum atomic E-state index is 10.7. The van der Waals surface area contributed by atoms with Crippen LogP contribution in [0.25, 0.3) is 0 Å². The molecular formula is C67H106N6O13+6. The maximum Gasteiger partial charge on any atom is 0.475 e. The summed E-state index contributed by atoms with van der Waals surface area (Å²) in [4.78, 5) is 94.4. The van der Waals surface area contributed by atoms with Gasteiger partial charge in [-0.3, -0.25) is 0 Å². The van der Waals surface area contributed by atoms with Crippen LogP contribution in [0.3, 0.4) is 0 Å². The molecule has 0 bridgehead atoms. The van der Waals surface area contributed by atoms with Crippen LogP contribution < -0.4 is 0 Å². The Bertz CT molecular complexity index is 2820. The normalized spacial score (nSPS) is 11.4. The van der Waals surface area contributed by atoms with Crippen LogP contribution in [-0.2, 0) is 88.6 Å². The minimum absolute atomic E-state index is 0. The zero-order chi connectivity index (χ0) is 64.8. The predicted molar refractivity (Wildman–Crippen MR) is 338 cm³/mol. The van der Waals surface area contributed by atoms with Crippen LogP contribution in [-0.4, -0.2) is 96.1 Å². The predicted octanol–water partition coefficient (Wildman–Crippen LogP) is 15.1. The summed E-state index contributed by atoms with van der Waals surface area (Å²) in [5.41, 5.74) is 12.6. The molecule has 0 aliphatic carbocycles. The lowest BCUT2D eigenvalue weighted by atomic mass is 9.86. The molecule has 0 spiro atoms. The Morgan fingerprint density at radius 2 is 0.686 bits per heavy atom. The van der Waals surface area contributed by atoms with Crippen molar-refractivity contribution in [2.75, 3.05) is 55.1 Å². The van der Waals surface area contributed by atoms with Crippen molar-refractivity contribution in [3.63, 3.8) is 0 Å². The van der Waals surface area contributed by atoms with E-state index in [2.05, 4.69) is 181 Å². The highest BCUT2D eigenvalue weighted by Gasteiger charge is 2.25. The van der Waals surface area contributed by atoms with E-state index < -0.39 is 11.2 Å². The van der Waals surface area contributed by atoms with Crippen molar-refractivity contribution in [1.82, 2.24) is 0 Å². The first-order chi connectivity index (χ1) is 39.3. The summed E-state index contributed by atoms with van der Waals surface area (Å²) in [6, 6.07) is 41.3. The number of hydrogen-bond donors (Lipinski definition) is 1. The Balaban J connectivity index is 0.00000105. The molecule has 476 valence electrons. The average molecular weight is 1200 g/mol. The maximum absolute atomic E-state index is 10.7. The fourth-order valence-corrected chi connectivity index (χ4v) is 7.71. The third-order valence-corrected chi connectivity index (χ3v) is 12.8. The van der Waals surface area contributed by atoms with Gasteiger partial charge in [-0.25, -0.2) is 29.4 Å². The molecule has 19 nitrogen and oxygen atoms in total. The zero-order valence-electron chi connectivity index (χ0n) is 54.7. The summed E-state index contributed by atoms with van der Waals surface area (Å²) < 4.78 is 0. The standard InChI is InChI=1S/C14H22N2O5.2C14H22NO2.2C12H18NO2.CH4/c1-14(2,3)12-7-5-11(6-8-12)9-13(21-16(18)19)10-20-15(4)17;1-14(2,3)13-9-5-7-12(11-13)8-6-10-17-15(4)16;1-14(2,3)13-9-7-12(8-10-13)6-5-11-17-15(4)16;1-12(2,3)11-7-5-10(6-8-11)9-15-13(4)14;1-12(2,3)11-7-5-6-10(8-11)9-15-13(4)14;/h5-8,13H,9-10H2,1-4H3,(H,18,19);5,7,9,11H,6,8,10H2,1-4H3;7-10H,5-6,11H2,1-4H3;2*5-8H,9H2,1-4H3;1H4/q+2;4*+1;. The SMILES string of the molecule is C.C[N+](=O)OCC(Cc1ccc(C(C)(C)C)cc1)O[N+](=O)O.C[N+](=O)OCCCc1ccc(C(C)(C)C)cc1.C[N+](=O)OCCCc1cccc(C(C)(C)C)c1.C[N+](=O)OCc1ccc(C(C)(C)C)cc1.C[N+](=O)OCc1cccc(C(C)(C)C)c1. The molecule has 5 aromatic carbocycles. The first-order valence-corrected chi connectivity index (χ1v) is 28.7. The van der Waals surface area contributed by atoms with Crippen LogP contribution in [0.15, 0.2) is 121 Å². The van der Waals surface area contributed by atoms with Crippen LogP contribution in [0.4, 0.5) is 0 Å². The Labute approximate surface area is 513 Å². The van der Waals surface area contributed by atoms with Gasteiger partial charge in [0.25, 0.3) is 0 Å². The van der Waals surface area contributed by atoms with E-state index in [-0.39, 0.29) is 46.0 Å². The third kappa shape index (κ3) is 36.2. The lowest BCUT2D eigenvalue weighted by Gasteiger charge is -2.19. The minimum atomic E-state index is -0.760. The monoisotopic (exact) mass is 1200 g/mol. The Hall–Kier alpha value is -7.70. The summed E-state index contributed by atoms with van der Waals surface area (Å²) in [7, 11) is 6.58. The first kappa shape index (κ1) is 78.3. The smallest absolute Gasteiger partial charge is 0.232 e. The Morgan fingerprint density at radius 3 is 1.03 bits per heavy atom. The van der Waals surface area contributed by atoms with Gasteiger partial charge in [0.05, 0.1) is 24.5 Å². The van der Waals surface area contributed by atoms with Crippen molar-refractivity contribution in [3.8, 4) is 0 Å². The molecule has 1 unspecified atom stereocenters. The van der Waals surface area contributed by atoms with Crippen LogP contribution in [0, 0.1) is 29.4 Å². The average Bonchev–Trinajstić information content (AvgIpc) is 3.34. The van der Waals surface area contributed by atoms with Gasteiger partial charge in [-0.1, -0.05) is 233 Å². The van der Waals surface area contributed by atoms with E-state index >= 15 is 0 Å². The second kappa shape index (κ2) is 37.7. The van der Waals surface area contributed by atoms with Gasteiger partial charge >= 0.3 is 5.09 Å². The lowest BCUT2D eigenvalue weighted by molar-refractivity contribution is -0.983. The van der Waals surface area contributed by atoms with E-state index in [0.29, 0.717) is 52.5 Å². The largest absolute Gasteiger partial charge is 0.475 e. The van der Waals surface area contributed by atoms with Gasteiger partial charge in [-0.15, -0.1) is 0 Å². The molecule has 1 N–H and O–H groups in total. The molecule has 0 fully saturated rings. The highest BCUT2D eigenvalue weighted by atomic mass is 17.0. The molecule has 0 aliphatic heterocycles. The molecule has 86 heavy (non-hydrogen) atoms. The number of aryl methyl sites for hydroxylation is 2. The van der Waals surface area contributed by atoms with Crippen molar-refractivity contribution >= 4 is 0 Å². The van der Waals surface area contributed by atoms with Gasteiger partial charge in [0, 0.05) is 6.42 Å². The quantitative estimate of drug-likeness (QED) is 0.0479. The molecule has 0 radical (unpaired) electrons. The van der Waals surface area contributed by atoms with E-state index in [1.165, 1.54) is 74.2 Å².